The minimum absolute atomic E-state index is 0.154. The molecule has 2 aromatic carbocycles. The van der Waals surface area contributed by atoms with E-state index in [4.69, 9.17) is 6.42 Å². The van der Waals surface area contributed by atoms with Crippen LogP contribution in [0.15, 0.2) is 59.5 Å². The zero-order valence-electron chi connectivity index (χ0n) is 12.3. The van der Waals surface area contributed by atoms with Gasteiger partial charge < -0.3 is 0 Å². The molecule has 4 heteroatoms. The van der Waals surface area contributed by atoms with Gasteiger partial charge in [0.2, 0.25) is 10.0 Å². The highest BCUT2D eigenvalue weighted by atomic mass is 32.2. The Labute approximate surface area is 131 Å². The van der Waals surface area contributed by atoms with Gasteiger partial charge in [-0.25, -0.2) is 8.42 Å². The Morgan fingerprint density at radius 2 is 1.73 bits per heavy atom. The second kappa shape index (κ2) is 5.60. The summed E-state index contributed by atoms with van der Waals surface area (Å²) in [4.78, 5) is 0.300. The van der Waals surface area contributed by atoms with Crippen molar-refractivity contribution in [1.29, 1.82) is 0 Å². The fraction of sp³-hybridized carbons (Fsp3) is 0.222. The summed E-state index contributed by atoms with van der Waals surface area (Å²) in [7, 11) is -3.52. The molecule has 0 bridgehead atoms. The van der Waals surface area contributed by atoms with E-state index in [1.165, 1.54) is 4.31 Å². The molecule has 0 saturated carbocycles. The van der Waals surface area contributed by atoms with Gasteiger partial charge in [0.15, 0.2) is 0 Å². The molecule has 1 heterocycles. The predicted molar refractivity (Wildman–Crippen MR) is 86.8 cm³/mol. The Morgan fingerprint density at radius 1 is 1.09 bits per heavy atom. The number of hydrogen-bond donors (Lipinski definition) is 0. The maximum absolute atomic E-state index is 12.7. The minimum atomic E-state index is -3.52. The second-order valence-electron chi connectivity index (χ2n) is 5.52. The number of hydrogen-bond acceptors (Lipinski definition) is 2. The molecule has 3 rings (SSSR count). The lowest BCUT2D eigenvalue weighted by Gasteiger charge is -2.06. The molecular formula is C18H17NO2S. The Balaban J connectivity index is 1.85. The summed E-state index contributed by atoms with van der Waals surface area (Å²) < 4.78 is 26.8. The highest BCUT2D eigenvalue weighted by Crippen LogP contribution is 2.37. The summed E-state index contributed by atoms with van der Waals surface area (Å²) in [6, 6.07) is 16.2. The number of sulfonamides is 1. The Bertz CT molecular complexity index is 804. The molecule has 1 unspecified atom stereocenters. The molecule has 1 aliphatic heterocycles. The molecule has 1 saturated heterocycles. The smallest absolute Gasteiger partial charge is 0.207 e. The van der Waals surface area contributed by atoms with E-state index in [1.807, 2.05) is 37.3 Å². The van der Waals surface area contributed by atoms with E-state index in [0.717, 1.165) is 11.1 Å². The molecule has 0 N–H and O–H groups in total. The average Bonchev–Trinajstić information content (AvgIpc) is 3.22. The number of nitrogens with zero attached hydrogens (tertiary/aromatic N) is 1. The van der Waals surface area contributed by atoms with E-state index in [0.29, 0.717) is 11.3 Å². The van der Waals surface area contributed by atoms with Crippen molar-refractivity contribution < 1.29 is 8.42 Å². The molecule has 22 heavy (non-hydrogen) atoms. The number of rotatable bonds is 4. The number of terminal acetylenes is 1. The van der Waals surface area contributed by atoms with Crippen LogP contribution in [0.5, 0.6) is 0 Å². The molecule has 1 aliphatic rings. The van der Waals surface area contributed by atoms with Crippen molar-refractivity contribution in [3.8, 4) is 12.3 Å². The lowest BCUT2D eigenvalue weighted by molar-refractivity contribution is 0.549. The lowest BCUT2D eigenvalue weighted by atomic mass is 10.1. The van der Waals surface area contributed by atoms with E-state index in [1.54, 1.807) is 24.3 Å². The van der Waals surface area contributed by atoms with Gasteiger partial charge in [0.1, 0.15) is 6.04 Å². The van der Waals surface area contributed by atoms with Gasteiger partial charge in [-0.2, -0.15) is 4.31 Å². The molecule has 1 fully saturated rings. The normalized spacial score (nSPS) is 23.7. The van der Waals surface area contributed by atoms with Crippen molar-refractivity contribution in [2.24, 2.45) is 0 Å². The van der Waals surface area contributed by atoms with Crippen molar-refractivity contribution in [2.75, 3.05) is 0 Å². The molecule has 112 valence electrons. The Hall–Kier alpha value is -2.09. The zero-order valence-corrected chi connectivity index (χ0v) is 13.1. The first-order chi connectivity index (χ1) is 10.5. The topological polar surface area (TPSA) is 37.1 Å². The third kappa shape index (κ3) is 2.66. The van der Waals surface area contributed by atoms with Crippen LogP contribution in [-0.4, -0.2) is 24.8 Å². The van der Waals surface area contributed by atoms with E-state index < -0.39 is 10.0 Å². The lowest BCUT2D eigenvalue weighted by Crippen LogP contribution is -2.16. The largest absolute Gasteiger partial charge is 0.244 e. The van der Waals surface area contributed by atoms with Gasteiger partial charge in [-0.1, -0.05) is 53.9 Å². The first-order valence-electron chi connectivity index (χ1n) is 7.14. The van der Waals surface area contributed by atoms with Crippen LogP contribution in [0.2, 0.25) is 0 Å². The standard InChI is InChI=1S/C18H17NO2S/c1-3-17-18(13-15-7-5-4-6-8-15)19(17)22(20,21)16-11-9-14(2)10-12-16/h1,4-12,17-18H,13H2,2H3/t17-,18+,19?/m1/s1. The molecule has 3 atom stereocenters. The van der Waals surface area contributed by atoms with Crippen LogP contribution in [0.3, 0.4) is 0 Å². The summed E-state index contributed by atoms with van der Waals surface area (Å²) in [5.74, 6) is 2.59. The Kier molecular flexibility index (Phi) is 3.78. The molecular weight excluding hydrogens is 294 g/mol. The second-order valence-corrected chi connectivity index (χ2v) is 7.36. The monoisotopic (exact) mass is 311 g/mol. The van der Waals surface area contributed by atoms with E-state index in [-0.39, 0.29) is 12.1 Å². The van der Waals surface area contributed by atoms with Crippen LogP contribution < -0.4 is 0 Å². The highest BCUT2D eigenvalue weighted by Gasteiger charge is 2.54. The van der Waals surface area contributed by atoms with E-state index in [2.05, 4.69) is 5.92 Å². The minimum Gasteiger partial charge on any atom is -0.207 e. The van der Waals surface area contributed by atoms with Gasteiger partial charge >= 0.3 is 0 Å². The predicted octanol–water partition coefficient (Wildman–Crippen LogP) is 2.61. The van der Waals surface area contributed by atoms with Crippen molar-refractivity contribution in [3.05, 3.63) is 65.7 Å². The van der Waals surface area contributed by atoms with E-state index in [9.17, 15) is 8.42 Å². The van der Waals surface area contributed by atoms with Crippen LogP contribution in [0, 0.1) is 19.3 Å². The maximum atomic E-state index is 12.7. The van der Waals surface area contributed by atoms with Crippen molar-refractivity contribution in [3.63, 3.8) is 0 Å². The highest BCUT2D eigenvalue weighted by molar-refractivity contribution is 7.89. The van der Waals surface area contributed by atoms with Crippen LogP contribution in [0.1, 0.15) is 11.1 Å². The first-order valence-corrected chi connectivity index (χ1v) is 8.58. The summed E-state index contributed by atoms with van der Waals surface area (Å²) in [6.07, 6.45) is 6.15. The molecule has 0 aliphatic carbocycles. The van der Waals surface area contributed by atoms with Crippen LogP contribution >= 0.6 is 0 Å². The van der Waals surface area contributed by atoms with E-state index >= 15 is 0 Å². The molecule has 0 spiro atoms. The van der Waals surface area contributed by atoms with Gasteiger partial charge in [0, 0.05) is 0 Å². The molecule has 0 radical (unpaired) electrons. The summed E-state index contributed by atoms with van der Waals surface area (Å²) in [6.45, 7) is 1.93. The fourth-order valence-electron chi connectivity index (χ4n) is 2.66. The zero-order chi connectivity index (χ0) is 15.7. The quantitative estimate of drug-likeness (QED) is 0.643. The summed E-state index contributed by atoms with van der Waals surface area (Å²) in [5.41, 5.74) is 2.12. The van der Waals surface area contributed by atoms with Crippen LogP contribution in [-0.2, 0) is 16.4 Å². The molecule has 2 aromatic rings. The molecule has 0 aromatic heterocycles. The van der Waals surface area contributed by atoms with Crippen molar-refractivity contribution in [1.82, 2.24) is 4.31 Å². The first kappa shape index (κ1) is 14.8. The fourth-order valence-corrected chi connectivity index (χ4v) is 4.37. The van der Waals surface area contributed by atoms with Crippen molar-refractivity contribution in [2.45, 2.75) is 30.3 Å². The van der Waals surface area contributed by atoms with Crippen LogP contribution in [0.4, 0.5) is 0 Å². The average molecular weight is 311 g/mol. The third-order valence-corrected chi connectivity index (χ3v) is 5.85. The molecule has 3 nitrogen and oxygen atoms in total. The van der Waals surface area contributed by atoms with Crippen molar-refractivity contribution >= 4 is 10.0 Å². The molecule has 0 amide bonds. The van der Waals surface area contributed by atoms with Gasteiger partial charge in [0.25, 0.3) is 0 Å². The SMILES string of the molecule is C#C[C@@H]1[C@H](Cc2ccccc2)N1S(=O)(=O)c1ccc(C)cc1. The third-order valence-electron chi connectivity index (χ3n) is 3.93. The Morgan fingerprint density at radius 3 is 2.32 bits per heavy atom. The maximum Gasteiger partial charge on any atom is 0.244 e. The van der Waals surface area contributed by atoms with Gasteiger partial charge in [-0.05, 0) is 31.0 Å². The van der Waals surface area contributed by atoms with Gasteiger partial charge in [-0.3, -0.25) is 0 Å². The van der Waals surface area contributed by atoms with Gasteiger partial charge in [-0.15, -0.1) is 6.42 Å². The summed E-state index contributed by atoms with van der Waals surface area (Å²) in [5, 5.41) is 0. The van der Waals surface area contributed by atoms with Crippen LogP contribution in [0.25, 0.3) is 0 Å². The number of aryl methyl sites for hydroxylation is 1. The van der Waals surface area contributed by atoms with Gasteiger partial charge in [0.05, 0.1) is 10.9 Å². The summed E-state index contributed by atoms with van der Waals surface area (Å²) >= 11 is 0. The number of benzene rings is 2.